The maximum Gasteiger partial charge on any atom is 0.261 e. The molecule has 0 unspecified atom stereocenters. The van der Waals surface area contributed by atoms with Crippen LogP contribution in [0.25, 0.3) is 22.2 Å². The van der Waals surface area contributed by atoms with E-state index in [1.807, 2.05) is 54.6 Å². The molecule has 3 N–H and O–H groups in total. The summed E-state index contributed by atoms with van der Waals surface area (Å²) in [6, 6.07) is 23.8. The molecule has 0 saturated carbocycles. The fraction of sp³-hybridized carbons (Fsp3) is 0. The number of fused-ring (bicyclic) bond motifs is 2. The lowest BCUT2D eigenvalue weighted by molar-refractivity contribution is 0.102. The number of hydrogen-bond acceptors (Lipinski definition) is 5. The molecule has 2 heterocycles. The van der Waals surface area contributed by atoms with E-state index in [0.29, 0.717) is 32.9 Å². The number of hydrogen-bond donors (Lipinski definition) is 2. The quantitative estimate of drug-likeness (QED) is 0.386. The monoisotopic (exact) mass is 440 g/mol. The van der Waals surface area contributed by atoms with Crippen LogP contribution in [0.3, 0.4) is 0 Å². The highest BCUT2D eigenvalue weighted by atomic mass is 35.5. The second-order valence-electron chi connectivity index (χ2n) is 7.07. The van der Waals surface area contributed by atoms with Crippen molar-refractivity contribution in [3.8, 4) is 0 Å². The molecule has 5 rings (SSSR count). The molecule has 0 saturated heterocycles. The summed E-state index contributed by atoms with van der Waals surface area (Å²) in [6.45, 7) is 0. The Morgan fingerprint density at radius 1 is 0.938 bits per heavy atom. The Bertz CT molecular complexity index is 1480. The minimum absolute atomic E-state index is 0.147. The van der Waals surface area contributed by atoms with Gasteiger partial charge in [-0.05, 0) is 42.0 Å². The number of anilines is 2. The van der Waals surface area contributed by atoms with Gasteiger partial charge >= 0.3 is 0 Å². The molecule has 32 heavy (non-hydrogen) atoms. The van der Waals surface area contributed by atoms with E-state index in [-0.39, 0.29) is 17.3 Å². The summed E-state index contributed by atoms with van der Waals surface area (Å²) >= 11 is 5.96. The number of carbonyl (C=O) groups is 1. The van der Waals surface area contributed by atoms with E-state index in [4.69, 9.17) is 17.3 Å². The third-order valence-electron chi connectivity index (χ3n) is 4.92. The number of carbonyl (C=O) groups excluding carboxylic acids is 1. The van der Waals surface area contributed by atoms with E-state index in [1.54, 1.807) is 30.5 Å². The van der Waals surface area contributed by atoms with Crippen LogP contribution < -0.4 is 11.1 Å². The molecule has 0 aliphatic carbocycles. The number of benzene rings is 3. The van der Waals surface area contributed by atoms with Crippen LogP contribution >= 0.6 is 11.6 Å². The van der Waals surface area contributed by atoms with E-state index in [1.165, 1.54) is 4.68 Å². The summed E-state index contributed by atoms with van der Waals surface area (Å²) in [7, 11) is 0. The second-order valence-corrected chi connectivity index (χ2v) is 7.51. The topological polar surface area (TPSA) is 98.2 Å². The number of nitrogens with two attached hydrogens (primary N) is 1. The maximum absolute atomic E-state index is 13.2. The fourth-order valence-electron chi connectivity index (χ4n) is 3.38. The number of nitrogen functional groups attached to an aromatic ring is 1. The number of nitrogens with one attached hydrogen (secondary N) is 1. The van der Waals surface area contributed by atoms with Crippen molar-refractivity contribution >= 4 is 57.4 Å². The van der Waals surface area contributed by atoms with Crippen molar-refractivity contribution in [2.75, 3.05) is 11.1 Å². The summed E-state index contributed by atoms with van der Waals surface area (Å²) in [6.07, 6.45) is 1.63. The van der Waals surface area contributed by atoms with E-state index in [9.17, 15) is 4.79 Å². The van der Waals surface area contributed by atoms with E-state index >= 15 is 0 Å². The lowest BCUT2D eigenvalue weighted by Gasteiger charge is -2.05. The van der Waals surface area contributed by atoms with Crippen LogP contribution in [-0.2, 0) is 0 Å². The van der Waals surface area contributed by atoms with Crippen LogP contribution in [0.5, 0.6) is 0 Å². The molecule has 0 bridgehead atoms. The number of halogens is 1. The van der Waals surface area contributed by atoms with E-state index < -0.39 is 0 Å². The number of amides is 1. The molecule has 0 radical (unpaired) electrons. The van der Waals surface area contributed by atoms with Gasteiger partial charge in [0.05, 0.1) is 17.2 Å². The molecule has 5 aromatic rings. The fourth-order valence-corrected chi connectivity index (χ4v) is 3.50. The van der Waals surface area contributed by atoms with Gasteiger partial charge in [0.2, 0.25) is 0 Å². The molecule has 7 nitrogen and oxygen atoms in total. The van der Waals surface area contributed by atoms with Crippen LogP contribution in [-0.4, -0.2) is 26.8 Å². The number of para-hydroxylation sites is 3. The first-order chi connectivity index (χ1) is 15.6. The van der Waals surface area contributed by atoms with Crippen LogP contribution in [0, 0.1) is 0 Å². The molecule has 0 fully saturated rings. The van der Waals surface area contributed by atoms with Crippen molar-refractivity contribution in [2.24, 2.45) is 5.10 Å². The summed E-state index contributed by atoms with van der Waals surface area (Å²) in [5.41, 5.74) is 10.2. The highest BCUT2D eigenvalue weighted by Gasteiger charge is 2.24. The molecule has 3 aromatic carbocycles. The molecule has 8 heteroatoms. The first-order valence-corrected chi connectivity index (χ1v) is 10.2. The second kappa shape index (κ2) is 8.13. The summed E-state index contributed by atoms with van der Waals surface area (Å²) in [4.78, 5) is 22.5. The van der Waals surface area contributed by atoms with Crippen LogP contribution in [0.1, 0.15) is 15.9 Å². The normalized spacial score (nSPS) is 11.4. The van der Waals surface area contributed by atoms with Crippen molar-refractivity contribution < 1.29 is 4.79 Å². The third-order valence-corrected chi connectivity index (χ3v) is 5.18. The van der Waals surface area contributed by atoms with Gasteiger partial charge in [-0.2, -0.15) is 9.78 Å². The lowest BCUT2D eigenvalue weighted by atomic mass is 10.2. The standard InChI is InChI=1S/C24H17ClN6O/c25-16-12-10-15(11-13-16)14-27-31-22(26)20(24(32)28-17-6-2-1-3-7-17)21-23(31)30-19-9-5-4-8-18(19)29-21/h1-14H,26H2,(H,28,32)/b27-14+. The molecule has 1 amide bonds. The summed E-state index contributed by atoms with van der Waals surface area (Å²) in [5, 5.41) is 7.99. The van der Waals surface area contributed by atoms with Gasteiger partial charge in [0.25, 0.3) is 5.91 Å². The molecule has 0 spiro atoms. The average molecular weight is 441 g/mol. The predicted molar refractivity (Wildman–Crippen MR) is 128 cm³/mol. The van der Waals surface area contributed by atoms with Gasteiger partial charge in [-0.15, -0.1) is 0 Å². The Labute approximate surface area is 188 Å². The van der Waals surface area contributed by atoms with Gasteiger partial charge in [-0.25, -0.2) is 9.97 Å². The number of nitrogens with zero attached hydrogens (tertiary/aromatic N) is 4. The Balaban J connectivity index is 1.67. The summed E-state index contributed by atoms with van der Waals surface area (Å²) < 4.78 is 1.43. The number of rotatable bonds is 4. The van der Waals surface area contributed by atoms with E-state index in [0.717, 1.165) is 5.56 Å². The SMILES string of the molecule is Nc1c(C(=O)Nc2ccccc2)c2nc3ccccc3nc2n1/N=C/c1ccc(Cl)cc1. The molecule has 0 aliphatic rings. The lowest BCUT2D eigenvalue weighted by Crippen LogP contribution is -2.14. The molecule has 0 atom stereocenters. The molecular weight excluding hydrogens is 424 g/mol. The Morgan fingerprint density at radius 3 is 2.31 bits per heavy atom. The minimum atomic E-state index is -0.385. The molecule has 2 aromatic heterocycles. The van der Waals surface area contributed by atoms with Crippen LogP contribution in [0.15, 0.2) is 84.0 Å². The zero-order chi connectivity index (χ0) is 22.1. The van der Waals surface area contributed by atoms with Crippen molar-refractivity contribution in [3.63, 3.8) is 0 Å². The molecule has 0 aliphatic heterocycles. The minimum Gasteiger partial charge on any atom is -0.383 e. The average Bonchev–Trinajstić information content (AvgIpc) is 3.08. The largest absolute Gasteiger partial charge is 0.383 e. The number of aromatic nitrogens is 3. The van der Waals surface area contributed by atoms with Gasteiger partial charge in [-0.1, -0.05) is 54.1 Å². The Kier molecular flexibility index (Phi) is 5.01. The molecular formula is C24H17ClN6O. The maximum atomic E-state index is 13.2. The van der Waals surface area contributed by atoms with Crippen LogP contribution in [0.4, 0.5) is 11.5 Å². The smallest absolute Gasteiger partial charge is 0.261 e. The third kappa shape index (κ3) is 3.66. The van der Waals surface area contributed by atoms with Gasteiger partial charge in [-0.3, -0.25) is 4.79 Å². The first-order valence-electron chi connectivity index (χ1n) is 9.83. The van der Waals surface area contributed by atoms with E-state index in [2.05, 4.69) is 20.4 Å². The van der Waals surface area contributed by atoms with Gasteiger partial charge in [0, 0.05) is 10.7 Å². The highest BCUT2D eigenvalue weighted by molar-refractivity contribution is 6.30. The van der Waals surface area contributed by atoms with Crippen LogP contribution in [0.2, 0.25) is 5.02 Å². The zero-order valence-corrected chi connectivity index (χ0v) is 17.5. The predicted octanol–water partition coefficient (Wildman–Crippen LogP) is 4.95. The van der Waals surface area contributed by atoms with Crippen molar-refractivity contribution in [1.29, 1.82) is 0 Å². The van der Waals surface area contributed by atoms with Crippen molar-refractivity contribution in [1.82, 2.24) is 14.6 Å². The van der Waals surface area contributed by atoms with Gasteiger partial charge < -0.3 is 11.1 Å². The van der Waals surface area contributed by atoms with Crippen molar-refractivity contribution in [3.05, 3.63) is 95.0 Å². The molecule has 156 valence electrons. The van der Waals surface area contributed by atoms with Crippen molar-refractivity contribution in [2.45, 2.75) is 0 Å². The van der Waals surface area contributed by atoms with Gasteiger partial charge in [0.1, 0.15) is 16.9 Å². The summed E-state index contributed by atoms with van der Waals surface area (Å²) in [5.74, 6) is -0.238. The highest BCUT2D eigenvalue weighted by Crippen LogP contribution is 2.28. The first kappa shape index (κ1) is 19.7. The van der Waals surface area contributed by atoms with Gasteiger partial charge in [0.15, 0.2) is 5.65 Å². The Hall–Kier alpha value is -4.23. The Morgan fingerprint density at radius 2 is 1.59 bits per heavy atom. The zero-order valence-electron chi connectivity index (χ0n) is 16.7.